The Balaban J connectivity index is 2.11. The van der Waals surface area contributed by atoms with Gasteiger partial charge in [-0.05, 0) is 43.4 Å². The first-order valence-corrected chi connectivity index (χ1v) is 7.76. The lowest BCUT2D eigenvalue weighted by atomic mass is 9.72. The monoisotopic (exact) mass is 281 g/mol. The number of nitrogens with one attached hydrogen (secondary N) is 1. The molecule has 3 unspecified atom stereocenters. The molecular formula is C17H25F2N. The standard InChI is InChI=1S/C17H25F2N/c1-3-12-6-4-5-7-15(12)17(20-2)10-13-8-9-14(18)11-16(13)19/h8-9,11-12,15,17,20H,3-7,10H2,1-2H3. The van der Waals surface area contributed by atoms with Crippen molar-refractivity contribution in [3.8, 4) is 0 Å². The van der Waals surface area contributed by atoms with Gasteiger partial charge in [-0.2, -0.15) is 0 Å². The van der Waals surface area contributed by atoms with Gasteiger partial charge in [0.1, 0.15) is 11.6 Å². The molecule has 3 atom stereocenters. The molecule has 0 radical (unpaired) electrons. The second kappa shape index (κ2) is 7.16. The third-order valence-electron chi connectivity index (χ3n) is 4.83. The second-order valence-electron chi connectivity index (χ2n) is 5.95. The first-order valence-electron chi connectivity index (χ1n) is 7.76. The molecule has 0 aromatic heterocycles. The third-order valence-corrected chi connectivity index (χ3v) is 4.83. The van der Waals surface area contributed by atoms with Crippen molar-refractivity contribution >= 4 is 0 Å². The minimum absolute atomic E-state index is 0.278. The van der Waals surface area contributed by atoms with Crippen LogP contribution in [0.15, 0.2) is 18.2 Å². The Labute approximate surface area is 120 Å². The molecule has 1 nitrogen and oxygen atoms in total. The molecule has 112 valence electrons. The highest BCUT2D eigenvalue weighted by Gasteiger charge is 2.30. The summed E-state index contributed by atoms with van der Waals surface area (Å²) in [6, 6.07) is 4.20. The van der Waals surface area contributed by atoms with Gasteiger partial charge in [0.2, 0.25) is 0 Å². The minimum atomic E-state index is -0.503. The van der Waals surface area contributed by atoms with Crippen molar-refractivity contribution in [2.75, 3.05) is 7.05 Å². The van der Waals surface area contributed by atoms with Gasteiger partial charge in [0.15, 0.2) is 0 Å². The Morgan fingerprint density at radius 3 is 2.65 bits per heavy atom. The summed E-state index contributed by atoms with van der Waals surface area (Å²) in [7, 11) is 1.95. The number of hydrogen-bond donors (Lipinski definition) is 1. The molecule has 0 aliphatic heterocycles. The van der Waals surface area contributed by atoms with Crippen molar-refractivity contribution in [2.45, 2.75) is 51.5 Å². The molecule has 1 aromatic carbocycles. The van der Waals surface area contributed by atoms with E-state index in [1.165, 1.54) is 38.2 Å². The highest BCUT2D eigenvalue weighted by atomic mass is 19.1. The van der Waals surface area contributed by atoms with Gasteiger partial charge in [0, 0.05) is 12.1 Å². The van der Waals surface area contributed by atoms with Crippen LogP contribution in [0.3, 0.4) is 0 Å². The summed E-state index contributed by atoms with van der Waals surface area (Å²) >= 11 is 0. The molecule has 0 heterocycles. The zero-order chi connectivity index (χ0) is 14.5. The summed E-state index contributed by atoms with van der Waals surface area (Å²) in [5.74, 6) is 0.401. The molecule has 1 N–H and O–H groups in total. The van der Waals surface area contributed by atoms with Crippen LogP contribution in [0.1, 0.15) is 44.6 Å². The van der Waals surface area contributed by atoms with E-state index >= 15 is 0 Å². The Morgan fingerprint density at radius 1 is 1.25 bits per heavy atom. The van der Waals surface area contributed by atoms with Crippen LogP contribution in [0.2, 0.25) is 0 Å². The zero-order valence-electron chi connectivity index (χ0n) is 12.5. The normalized spacial score (nSPS) is 24.6. The largest absolute Gasteiger partial charge is 0.316 e. The molecule has 1 fully saturated rings. The number of rotatable bonds is 5. The van der Waals surface area contributed by atoms with Crippen LogP contribution in [0.25, 0.3) is 0 Å². The lowest BCUT2D eigenvalue weighted by Crippen LogP contribution is -2.41. The molecule has 3 heteroatoms. The molecule has 1 aromatic rings. The van der Waals surface area contributed by atoms with Crippen molar-refractivity contribution < 1.29 is 8.78 Å². The van der Waals surface area contributed by atoms with E-state index in [4.69, 9.17) is 0 Å². The molecule has 0 saturated heterocycles. The van der Waals surface area contributed by atoms with Crippen molar-refractivity contribution in [3.05, 3.63) is 35.4 Å². The average molecular weight is 281 g/mol. The summed E-state index contributed by atoms with van der Waals surface area (Å²) in [4.78, 5) is 0. The molecule has 0 amide bonds. The molecule has 0 spiro atoms. The summed E-state index contributed by atoms with van der Waals surface area (Å²) in [6.45, 7) is 2.24. The fourth-order valence-electron chi connectivity index (χ4n) is 3.66. The van der Waals surface area contributed by atoms with Crippen LogP contribution in [0.4, 0.5) is 8.78 Å². The Morgan fingerprint density at radius 2 is 2.00 bits per heavy atom. The number of halogens is 2. The van der Waals surface area contributed by atoms with Crippen LogP contribution in [0, 0.1) is 23.5 Å². The van der Waals surface area contributed by atoms with Crippen LogP contribution < -0.4 is 5.32 Å². The molecular weight excluding hydrogens is 256 g/mol. The van der Waals surface area contributed by atoms with E-state index in [0.717, 1.165) is 12.0 Å². The van der Waals surface area contributed by atoms with E-state index in [2.05, 4.69) is 12.2 Å². The van der Waals surface area contributed by atoms with E-state index in [1.807, 2.05) is 7.05 Å². The maximum Gasteiger partial charge on any atom is 0.129 e. The van der Waals surface area contributed by atoms with Crippen LogP contribution in [0.5, 0.6) is 0 Å². The van der Waals surface area contributed by atoms with Gasteiger partial charge in [-0.3, -0.25) is 0 Å². The van der Waals surface area contributed by atoms with Gasteiger partial charge >= 0.3 is 0 Å². The van der Waals surface area contributed by atoms with E-state index in [-0.39, 0.29) is 6.04 Å². The Hall–Kier alpha value is -0.960. The van der Waals surface area contributed by atoms with Gasteiger partial charge in [-0.25, -0.2) is 8.78 Å². The summed E-state index contributed by atoms with van der Waals surface area (Å²) < 4.78 is 26.8. The summed E-state index contributed by atoms with van der Waals surface area (Å²) in [5, 5.41) is 3.37. The number of hydrogen-bond acceptors (Lipinski definition) is 1. The molecule has 1 aliphatic carbocycles. The Kier molecular flexibility index (Phi) is 5.53. The number of benzene rings is 1. The highest BCUT2D eigenvalue weighted by molar-refractivity contribution is 5.20. The fraction of sp³-hybridized carbons (Fsp3) is 0.647. The third kappa shape index (κ3) is 3.57. The van der Waals surface area contributed by atoms with Crippen molar-refractivity contribution in [3.63, 3.8) is 0 Å². The topological polar surface area (TPSA) is 12.0 Å². The lowest BCUT2D eigenvalue weighted by molar-refractivity contribution is 0.178. The zero-order valence-corrected chi connectivity index (χ0v) is 12.5. The molecule has 0 bridgehead atoms. The quantitative estimate of drug-likeness (QED) is 0.848. The smallest absolute Gasteiger partial charge is 0.129 e. The molecule has 2 rings (SSSR count). The average Bonchev–Trinajstić information content (AvgIpc) is 2.46. The van der Waals surface area contributed by atoms with Crippen molar-refractivity contribution in [2.24, 2.45) is 11.8 Å². The van der Waals surface area contributed by atoms with Crippen molar-refractivity contribution in [1.82, 2.24) is 5.32 Å². The SMILES string of the molecule is CCC1CCCCC1C(Cc1ccc(F)cc1F)NC. The van der Waals surface area contributed by atoms with Crippen LogP contribution in [-0.4, -0.2) is 13.1 Å². The van der Waals surface area contributed by atoms with Crippen molar-refractivity contribution in [1.29, 1.82) is 0 Å². The first-order chi connectivity index (χ1) is 9.65. The maximum absolute atomic E-state index is 13.8. The lowest BCUT2D eigenvalue weighted by Gasteiger charge is -2.37. The van der Waals surface area contributed by atoms with Gasteiger partial charge in [0.25, 0.3) is 0 Å². The van der Waals surface area contributed by atoms with E-state index in [9.17, 15) is 8.78 Å². The predicted octanol–water partition coefficient (Wildman–Crippen LogP) is 4.31. The second-order valence-corrected chi connectivity index (χ2v) is 5.95. The highest BCUT2D eigenvalue weighted by Crippen LogP contribution is 2.35. The molecule has 20 heavy (non-hydrogen) atoms. The van der Waals surface area contributed by atoms with Crippen LogP contribution in [-0.2, 0) is 6.42 Å². The Bertz CT molecular complexity index is 433. The van der Waals surface area contributed by atoms with E-state index < -0.39 is 11.6 Å². The van der Waals surface area contributed by atoms with Gasteiger partial charge < -0.3 is 5.32 Å². The van der Waals surface area contributed by atoms with Gasteiger partial charge in [0.05, 0.1) is 0 Å². The fourth-order valence-corrected chi connectivity index (χ4v) is 3.66. The first kappa shape index (κ1) is 15.4. The van der Waals surface area contributed by atoms with Gasteiger partial charge in [-0.15, -0.1) is 0 Å². The van der Waals surface area contributed by atoms with Crippen LogP contribution >= 0.6 is 0 Å². The van der Waals surface area contributed by atoms with E-state index in [1.54, 1.807) is 6.07 Å². The summed E-state index contributed by atoms with van der Waals surface area (Å²) in [5.41, 5.74) is 0.617. The summed E-state index contributed by atoms with van der Waals surface area (Å²) in [6.07, 6.45) is 6.91. The molecule has 1 aliphatic rings. The maximum atomic E-state index is 13.8. The number of likely N-dealkylation sites (N-methyl/N-ethyl adjacent to an activating group) is 1. The predicted molar refractivity (Wildman–Crippen MR) is 78.6 cm³/mol. The minimum Gasteiger partial charge on any atom is -0.316 e. The molecule has 1 saturated carbocycles. The van der Waals surface area contributed by atoms with Gasteiger partial charge in [-0.1, -0.05) is 38.7 Å². The van der Waals surface area contributed by atoms with E-state index in [0.29, 0.717) is 17.9 Å².